The highest BCUT2D eigenvalue weighted by Gasteiger charge is 2.57. The average Bonchev–Trinajstić information content (AvgIpc) is 3.36. The topological polar surface area (TPSA) is 75.3 Å². The molecule has 1 atom stereocenters. The number of carbonyl (C=O) groups excluding carboxylic acids is 1. The Bertz CT molecular complexity index is 793. The summed E-state index contributed by atoms with van der Waals surface area (Å²) in [5.74, 6) is 0.263. The van der Waals surface area contributed by atoms with E-state index in [1.807, 2.05) is 24.3 Å². The second-order valence-corrected chi connectivity index (χ2v) is 10.9. The van der Waals surface area contributed by atoms with Crippen LogP contribution in [0.5, 0.6) is 0 Å². The SMILES string of the molecule is O=C(Nc1cccc(CS(=O)(=O)C2CCCCC2)c1)C1CC12CCNCC2. The molecular formula is C21H30N2O3S. The Kier molecular flexibility index (Phi) is 5.30. The summed E-state index contributed by atoms with van der Waals surface area (Å²) in [7, 11) is -3.13. The number of sulfone groups is 1. The van der Waals surface area contributed by atoms with E-state index in [0.717, 1.165) is 70.0 Å². The number of benzene rings is 1. The molecule has 5 nitrogen and oxygen atoms in total. The number of carbonyl (C=O) groups is 1. The first-order chi connectivity index (χ1) is 13.0. The van der Waals surface area contributed by atoms with Gasteiger partial charge in [0.25, 0.3) is 0 Å². The first-order valence-corrected chi connectivity index (χ1v) is 12.0. The van der Waals surface area contributed by atoms with E-state index >= 15 is 0 Å². The maximum Gasteiger partial charge on any atom is 0.228 e. The van der Waals surface area contributed by atoms with Crippen LogP contribution in [0.1, 0.15) is 56.9 Å². The molecule has 148 valence electrons. The van der Waals surface area contributed by atoms with Crippen LogP contribution in [0.4, 0.5) is 5.69 Å². The zero-order valence-electron chi connectivity index (χ0n) is 15.9. The zero-order valence-corrected chi connectivity index (χ0v) is 16.7. The summed E-state index contributed by atoms with van der Waals surface area (Å²) in [6, 6.07) is 7.37. The molecule has 0 radical (unpaired) electrons. The molecule has 2 N–H and O–H groups in total. The van der Waals surface area contributed by atoms with Gasteiger partial charge in [0.05, 0.1) is 11.0 Å². The van der Waals surface area contributed by atoms with Crippen molar-refractivity contribution in [2.24, 2.45) is 11.3 Å². The highest BCUT2D eigenvalue weighted by atomic mass is 32.2. The summed E-state index contributed by atoms with van der Waals surface area (Å²) >= 11 is 0. The molecule has 1 saturated heterocycles. The minimum absolute atomic E-state index is 0.0699. The van der Waals surface area contributed by atoms with Gasteiger partial charge in [0.15, 0.2) is 9.84 Å². The first-order valence-electron chi connectivity index (χ1n) is 10.3. The van der Waals surface area contributed by atoms with E-state index < -0.39 is 9.84 Å². The molecule has 2 saturated carbocycles. The van der Waals surface area contributed by atoms with Gasteiger partial charge in [-0.25, -0.2) is 8.42 Å². The van der Waals surface area contributed by atoms with Gasteiger partial charge >= 0.3 is 0 Å². The van der Waals surface area contributed by atoms with Gasteiger partial charge < -0.3 is 10.6 Å². The molecule has 27 heavy (non-hydrogen) atoms. The van der Waals surface area contributed by atoms with Crippen molar-refractivity contribution in [3.63, 3.8) is 0 Å². The molecule has 0 bridgehead atoms. The predicted octanol–water partition coefficient (Wildman–Crippen LogP) is 3.26. The Balaban J connectivity index is 1.38. The molecule has 0 aromatic heterocycles. The van der Waals surface area contributed by atoms with Gasteiger partial charge in [-0.15, -0.1) is 0 Å². The maximum atomic E-state index is 12.7. The second kappa shape index (κ2) is 7.55. The lowest BCUT2D eigenvalue weighted by Crippen LogP contribution is -2.31. The van der Waals surface area contributed by atoms with E-state index in [0.29, 0.717) is 5.69 Å². The lowest BCUT2D eigenvalue weighted by molar-refractivity contribution is -0.118. The van der Waals surface area contributed by atoms with Crippen LogP contribution in [0, 0.1) is 11.3 Å². The van der Waals surface area contributed by atoms with Crippen LogP contribution >= 0.6 is 0 Å². The summed E-state index contributed by atoms with van der Waals surface area (Å²) in [6.45, 7) is 2.00. The van der Waals surface area contributed by atoms with Gasteiger partial charge in [0.2, 0.25) is 5.91 Å². The smallest absolute Gasteiger partial charge is 0.228 e. The van der Waals surface area contributed by atoms with Crippen molar-refractivity contribution in [1.82, 2.24) is 5.32 Å². The van der Waals surface area contributed by atoms with Gasteiger partial charge in [-0.2, -0.15) is 0 Å². The van der Waals surface area contributed by atoms with Crippen LogP contribution in [-0.4, -0.2) is 32.7 Å². The van der Waals surface area contributed by atoms with Crippen molar-refractivity contribution in [3.8, 4) is 0 Å². The first kappa shape index (κ1) is 18.9. The van der Waals surface area contributed by atoms with Crippen molar-refractivity contribution in [1.29, 1.82) is 0 Å². The Labute approximate surface area is 162 Å². The Morgan fingerprint density at radius 1 is 1.15 bits per heavy atom. The molecule has 1 heterocycles. The van der Waals surface area contributed by atoms with E-state index in [-0.39, 0.29) is 28.2 Å². The summed E-state index contributed by atoms with van der Waals surface area (Å²) in [6.07, 6.45) is 7.88. The molecule has 4 rings (SSSR count). The largest absolute Gasteiger partial charge is 0.326 e. The van der Waals surface area contributed by atoms with Crippen LogP contribution in [0.2, 0.25) is 0 Å². The van der Waals surface area contributed by atoms with Crippen molar-refractivity contribution in [3.05, 3.63) is 29.8 Å². The van der Waals surface area contributed by atoms with Gasteiger partial charge in [0.1, 0.15) is 0 Å². The highest BCUT2D eigenvalue weighted by molar-refractivity contribution is 7.91. The zero-order chi connectivity index (χ0) is 18.9. The van der Waals surface area contributed by atoms with Gasteiger partial charge in [-0.05, 0) is 68.3 Å². The number of hydrogen-bond acceptors (Lipinski definition) is 4. The van der Waals surface area contributed by atoms with Crippen LogP contribution in [-0.2, 0) is 20.4 Å². The molecule has 2 aliphatic carbocycles. The van der Waals surface area contributed by atoms with E-state index in [9.17, 15) is 13.2 Å². The van der Waals surface area contributed by atoms with E-state index in [4.69, 9.17) is 0 Å². The lowest BCUT2D eigenvalue weighted by Gasteiger charge is -2.23. The molecule has 1 spiro atoms. The molecule has 6 heteroatoms. The van der Waals surface area contributed by atoms with Crippen molar-refractivity contribution < 1.29 is 13.2 Å². The lowest BCUT2D eigenvalue weighted by atomic mass is 9.92. The van der Waals surface area contributed by atoms with Crippen LogP contribution in [0.25, 0.3) is 0 Å². The number of anilines is 1. The van der Waals surface area contributed by atoms with Gasteiger partial charge in [-0.1, -0.05) is 31.4 Å². The Morgan fingerprint density at radius 3 is 2.63 bits per heavy atom. The summed E-state index contributed by atoms with van der Waals surface area (Å²) in [5.41, 5.74) is 1.69. The second-order valence-electron chi connectivity index (χ2n) is 8.63. The molecule has 1 amide bonds. The third kappa shape index (κ3) is 4.21. The van der Waals surface area contributed by atoms with Crippen LogP contribution < -0.4 is 10.6 Å². The summed E-state index contributed by atoms with van der Waals surface area (Å²) < 4.78 is 25.4. The van der Waals surface area contributed by atoms with Crippen molar-refractivity contribution in [2.45, 2.75) is 62.4 Å². The Hall–Kier alpha value is -1.40. The molecule has 3 fully saturated rings. The summed E-state index contributed by atoms with van der Waals surface area (Å²) in [5, 5.41) is 6.19. The Morgan fingerprint density at radius 2 is 1.89 bits per heavy atom. The normalized spacial score (nSPS) is 25.3. The molecule has 3 aliphatic rings. The molecule has 1 aromatic carbocycles. The number of hydrogen-bond donors (Lipinski definition) is 2. The fourth-order valence-corrected chi connectivity index (χ4v) is 6.87. The number of piperidine rings is 1. The third-order valence-electron chi connectivity index (χ3n) is 6.73. The van der Waals surface area contributed by atoms with E-state index in [1.54, 1.807) is 0 Å². The molecule has 1 unspecified atom stereocenters. The molecule has 1 aliphatic heterocycles. The molecule has 1 aromatic rings. The van der Waals surface area contributed by atoms with E-state index in [2.05, 4.69) is 10.6 Å². The fourth-order valence-electron chi connectivity index (χ4n) is 4.94. The number of rotatable bonds is 5. The number of nitrogens with one attached hydrogen (secondary N) is 2. The standard InChI is InChI=1S/C21H30N2O3S/c24-20(19-14-21(19)9-11-22-12-10-21)23-17-6-4-5-16(13-17)15-27(25,26)18-7-2-1-3-8-18/h4-6,13,18-19,22H,1-3,7-12,14-15H2,(H,23,24). The van der Waals surface area contributed by atoms with Crippen LogP contribution in [0.15, 0.2) is 24.3 Å². The van der Waals surface area contributed by atoms with Crippen molar-refractivity contribution in [2.75, 3.05) is 18.4 Å². The highest BCUT2D eigenvalue weighted by Crippen LogP contribution is 2.58. The monoisotopic (exact) mass is 390 g/mol. The average molecular weight is 391 g/mol. The quantitative estimate of drug-likeness (QED) is 0.809. The predicted molar refractivity (Wildman–Crippen MR) is 107 cm³/mol. The minimum atomic E-state index is -3.13. The maximum absolute atomic E-state index is 12.7. The molecular weight excluding hydrogens is 360 g/mol. The van der Waals surface area contributed by atoms with Crippen molar-refractivity contribution >= 4 is 21.4 Å². The van der Waals surface area contributed by atoms with E-state index in [1.165, 1.54) is 0 Å². The van der Waals surface area contributed by atoms with Gasteiger partial charge in [-0.3, -0.25) is 4.79 Å². The summed E-state index contributed by atoms with van der Waals surface area (Å²) in [4.78, 5) is 12.6. The third-order valence-corrected chi connectivity index (χ3v) is 8.95. The minimum Gasteiger partial charge on any atom is -0.326 e. The number of amides is 1. The van der Waals surface area contributed by atoms with Crippen LogP contribution in [0.3, 0.4) is 0 Å². The van der Waals surface area contributed by atoms with Gasteiger partial charge in [0, 0.05) is 11.6 Å². The fraction of sp³-hybridized carbons (Fsp3) is 0.667.